The standard InChI is InChI=1S/C17H28N6S.HI/c1-7-14-13(15(8-2)23(6)22-14)9-19-17(18-5)20-10-16-11(3)21-12(4)24-16;/h7-10H2,1-6H3,(H2,18,19,20);1H. The Balaban J connectivity index is 0.00000312. The third-order valence-electron chi connectivity index (χ3n) is 4.10. The predicted octanol–water partition coefficient (Wildman–Crippen LogP) is 3.10. The van der Waals surface area contributed by atoms with Gasteiger partial charge in [-0.15, -0.1) is 35.3 Å². The smallest absolute Gasteiger partial charge is 0.191 e. The van der Waals surface area contributed by atoms with Crippen LogP contribution in [0.4, 0.5) is 0 Å². The van der Waals surface area contributed by atoms with Gasteiger partial charge in [0, 0.05) is 36.8 Å². The number of hydrogen-bond acceptors (Lipinski definition) is 4. The fourth-order valence-corrected chi connectivity index (χ4v) is 3.77. The van der Waals surface area contributed by atoms with Crippen LogP contribution in [-0.2, 0) is 33.0 Å². The van der Waals surface area contributed by atoms with E-state index in [2.05, 4.69) is 39.6 Å². The second-order valence-electron chi connectivity index (χ2n) is 5.72. The first kappa shape index (κ1) is 21.9. The number of halogens is 1. The number of aliphatic imine (C=N–C) groups is 1. The van der Waals surface area contributed by atoms with Gasteiger partial charge in [0.25, 0.3) is 0 Å². The summed E-state index contributed by atoms with van der Waals surface area (Å²) in [5.41, 5.74) is 4.82. The number of guanidine groups is 1. The zero-order valence-corrected chi connectivity index (χ0v) is 19.1. The molecule has 0 saturated heterocycles. The van der Waals surface area contributed by atoms with Crippen LogP contribution in [0.5, 0.6) is 0 Å². The quantitative estimate of drug-likeness (QED) is 0.382. The van der Waals surface area contributed by atoms with E-state index in [9.17, 15) is 0 Å². The average Bonchev–Trinajstić information content (AvgIpc) is 3.05. The number of nitrogens with zero attached hydrogens (tertiary/aromatic N) is 4. The Bertz CT molecular complexity index is 719. The maximum absolute atomic E-state index is 4.62. The number of thiazole rings is 1. The molecule has 2 rings (SSSR count). The molecule has 0 saturated carbocycles. The molecule has 0 atom stereocenters. The van der Waals surface area contributed by atoms with E-state index < -0.39 is 0 Å². The summed E-state index contributed by atoms with van der Waals surface area (Å²) >= 11 is 1.73. The van der Waals surface area contributed by atoms with Gasteiger partial charge in [-0.05, 0) is 26.7 Å². The zero-order chi connectivity index (χ0) is 17.7. The molecule has 2 aromatic rings. The van der Waals surface area contributed by atoms with Crippen molar-refractivity contribution in [1.29, 1.82) is 0 Å². The van der Waals surface area contributed by atoms with Gasteiger partial charge in [0.15, 0.2) is 5.96 Å². The summed E-state index contributed by atoms with van der Waals surface area (Å²) in [5, 5.41) is 12.5. The van der Waals surface area contributed by atoms with Gasteiger partial charge < -0.3 is 10.6 Å². The Morgan fingerprint density at radius 1 is 1.16 bits per heavy atom. The number of aryl methyl sites for hydroxylation is 4. The lowest BCUT2D eigenvalue weighted by Gasteiger charge is -2.12. The number of rotatable bonds is 6. The normalized spacial score (nSPS) is 11.4. The van der Waals surface area contributed by atoms with E-state index in [1.54, 1.807) is 18.4 Å². The van der Waals surface area contributed by atoms with Crippen LogP contribution >= 0.6 is 35.3 Å². The van der Waals surface area contributed by atoms with Gasteiger partial charge in [0.05, 0.1) is 22.9 Å². The van der Waals surface area contributed by atoms with E-state index in [0.717, 1.165) is 48.3 Å². The second kappa shape index (κ2) is 10.1. The monoisotopic (exact) mass is 476 g/mol. The first-order valence-electron chi connectivity index (χ1n) is 8.41. The summed E-state index contributed by atoms with van der Waals surface area (Å²) in [6.07, 6.45) is 1.92. The molecule has 0 amide bonds. The molecule has 0 aliphatic rings. The van der Waals surface area contributed by atoms with E-state index in [4.69, 9.17) is 0 Å². The molecule has 0 spiro atoms. The minimum Gasteiger partial charge on any atom is -0.352 e. The molecular formula is C17H29IN6S. The van der Waals surface area contributed by atoms with Crippen LogP contribution in [0.25, 0.3) is 0 Å². The van der Waals surface area contributed by atoms with Crippen molar-refractivity contribution in [3.63, 3.8) is 0 Å². The van der Waals surface area contributed by atoms with Gasteiger partial charge in [-0.25, -0.2) is 4.98 Å². The summed E-state index contributed by atoms with van der Waals surface area (Å²) in [6.45, 7) is 9.88. The molecule has 0 radical (unpaired) electrons. The lowest BCUT2D eigenvalue weighted by atomic mass is 10.1. The summed E-state index contributed by atoms with van der Waals surface area (Å²) in [7, 11) is 3.81. The molecule has 0 bridgehead atoms. The molecule has 2 heterocycles. The number of aromatic nitrogens is 3. The highest BCUT2D eigenvalue weighted by molar-refractivity contribution is 14.0. The molecule has 0 unspecified atom stereocenters. The van der Waals surface area contributed by atoms with E-state index >= 15 is 0 Å². The van der Waals surface area contributed by atoms with Crippen LogP contribution in [0.15, 0.2) is 4.99 Å². The average molecular weight is 476 g/mol. The fourth-order valence-electron chi connectivity index (χ4n) is 2.89. The molecule has 0 fully saturated rings. The Morgan fingerprint density at radius 3 is 2.36 bits per heavy atom. The van der Waals surface area contributed by atoms with E-state index in [1.165, 1.54) is 16.1 Å². The summed E-state index contributed by atoms with van der Waals surface area (Å²) < 4.78 is 2.00. The van der Waals surface area contributed by atoms with Gasteiger partial charge in [-0.3, -0.25) is 9.67 Å². The zero-order valence-electron chi connectivity index (χ0n) is 15.9. The second-order valence-corrected chi connectivity index (χ2v) is 7.01. The molecule has 0 aliphatic heterocycles. The number of hydrogen-bond donors (Lipinski definition) is 2. The van der Waals surface area contributed by atoms with Crippen molar-refractivity contribution in [2.75, 3.05) is 7.05 Å². The third kappa shape index (κ3) is 5.40. The Kier molecular flexibility index (Phi) is 8.84. The van der Waals surface area contributed by atoms with Crippen molar-refractivity contribution in [3.05, 3.63) is 32.5 Å². The first-order chi connectivity index (χ1) is 11.5. The van der Waals surface area contributed by atoms with E-state index in [-0.39, 0.29) is 24.0 Å². The minimum atomic E-state index is 0. The van der Waals surface area contributed by atoms with E-state index in [0.29, 0.717) is 0 Å². The van der Waals surface area contributed by atoms with Gasteiger partial charge in [-0.2, -0.15) is 5.10 Å². The SMILES string of the molecule is CCc1nn(C)c(CC)c1CNC(=NC)NCc1sc(C)nc1C.I. The highest BCUT2D eigenvalue weighted by atomic mass is 127. The van der Waals surface area contributed by atoms with Gasteiger partial charge in [-0.1, -0.05) is 13.8 Å². The van der Waals surface area contributed by atoms with Crippen LogP contribution in [0.2, 0.25) is 0 Å². The summed E-state index contributed by atoms with van der Waals surface area (Å²) in [6, 6.07) is 0. The third-order valence-corrected chi connectivity index (χ3v) is 5.17. The molecule has 140 valence electrons. The maximum atomic E-state index is 4.62. The highest BCUT2D eigenvalue weighted by Gasteiger charge is 2.14. The van der Waals surface area contributed by atoms with Crippen LogP contribution < -0.4 is 10.6 Å². The lowest BCUT2D eigenvalue weighted by molar-refractivity contribution is 0.702. The molecule has 25 heavy (non-hydrogen) atoms. The van der Waals surface area contributed by atoms with Crippen molar-refractivity contribution in [2.24, 2.45) is 12.0 Å². The van der Waals surface area contributed by atoms with Crippen molar-refractivity contribution < 1.29 is 0 Å². The van der Waals surface area contributed by atoms with Gasteiger partial charge in [0.1, 0.15) is 0 Å². The molecule has 2 N–H and O–H groups in total. The summed E-state index contributed by atoms with van der Waals surface area (Å²) in [5.74, 6) is 0.799. The lowest BCUT2D eigenvalue weighted by Crippen LogP contribution is -2.36. The maximum Gasteiger partial charge on any atom is 0.191 e. The van der Waals surface area contributed by atoms with Gasteiger partial charge in [0.2, 0.25) is 0 Å². The topological polar surface area (TPSA) is 67.1 Å². The Morgan fingerprint density at radius 2 is 1.84 bits per heavy atom. The molecular weight excluding hydrogens is 447 g/mol. The van der Waals surface area contributed by atoms with Crippen LogP contribution in [-0.4, -0.2) is 27.8 Å². The molecule has 0 aliphatic carbocycles. The highest BCUT2D eigenvalue weighted by Crippen LogP contribution is 2.17. The predicted molar refractivity (Wildman–Crippen MR) is 116 cm³/mol. The summed E-state index contributed by atoms with van der Waals surface area (Å²) in [4.78, 5) is 10.0. The first-order valence-corrected chi connectivity index (χ1v) is 9.22. The van der Waals surface area contributed by atoms with Crippen LogP contribution in [0, 0.1) is 13.8 Å². The van der Waals surface area contributed by atoms with Crippen molar-refractivity contribution in [1.82, 2.24) is 25.4 Å². The van der Waals surface area contributed by atoms with Crippen LogP contribution in [0.1, 0.15) is 46.4 Å². The molecule has 2 aromatic heterocycles. The Labute approximate surface area is 171 Å². The van der Waals surface area contributed by atoms with Crippen molar-refractivity contribution in [2.45, 2.75) is 53.6 Å². The molecule has 6 nitrogen and oxygen atoms in total. The fraction of sp³-hybridized carbons (Fsp3) is 0.588. The van der Waals surface area contributed by atoms with Crippen molar-refractivity contribution >= 4 is 41.3 Å². The largest absolute Gasteiger partial charge is 0.352 e. The minimum absolute atomic E-state index is 0. The number of nitrogens with one attached hydrogen (secondary N) is 2. The molecule has 8 heteroatoms. The van der Waals surface area contributed by atoms with Gasteiger partial charge >= 0.3 is 0 Å². The Hall–Kier alpha value is -1.16. The molecule has 0 aromatic carbocycles. The van der Waals surface area contributed by atoms with Crippen LogP contribution in [0.3, 0.4) is 0 Å². The van der Waals surface area contributed by atoms with E-state index in [1.807, 2.05) is 25.6 Å². The van der Waals surface area contributed by atoms with Crippen molar-refractivity contribution in [3.8, 4) is 0 Å².